The lowest BCUT2D eigenvalue weighted by atomic mass is 10.1. The molecule has 0 bridgehead atoms. The third kappa shape index (κ3) is 11.5. The highest BCUT2D eigenvalue weighted by molar-refractivity contribution is 7.47. The summed E-state index contributed by atoms with van der Waals surface area (Å²) in [4.78, 5) is 19.3. The Morgan fingerprint density at radius 3 is 1.94 bits per heavy atom. The highest BCUT2D eigenvalue weighted by Crippen LogP contribution is 2.44. The van der Waals surface area contributed by atoms with E-state index in [1.807, 2.05) is 6.08 Å². The van der Waals surface area contributed by atoms with Crippen molar-refractivity contribution in [3.05, 3.63) is 53.6 Å². The van der Waals surface area contributed by atoms with E-state index in [9.17, 15) is 19.6 Å². The van der Waals surface area contributed by atoms with Crippen LogP contribution < -0.4 is 5.73 Å². The van der Waals surface area contributed by atoms with E-state index in [1.165, 1.54) is 6.07 Å². The van der Waals surface area contributed by atoms with Crippen LogP contribution in [0.5, 0.6) is 17.2 Å². The SMILES string of the molecule is NC(COP(=O)(O)OC(CO)CO)C(=O)O.Oc1ccc(/C=C/c2cc(O)cc(O)c2)cc1. The Morgan fingerprint density at radius 1 is 0.939 bits per heavy atom. The molecule has 0 spiro atoms. The van der Waals surface area contributed by atoms with Gasteiger partial charge in [0.05, 0.1) is 19.8 Å². The summed E-state index contributed by atoms with van der Waals surface area (Å²) >= 11 is 0. The van der Waals surface area contributed by atoms with Crippen LogP contribution in [0.2, 0.25) is 0 Å². The molecule has 12 nitrogen and oxygen atoms in total. The zero-order valence-corrected chi connectivity index (χ0v) is 18.2. The average Bonchev–Trinajstić information content (AvgIpc) is 2.75. The van der Waals surface area contributed by atoms with Gasteiger partial charge in [0.2, 0.25) is 0 Å². The first-order valence-electron chi connectivity index (χ1n) is 9.31. The molecular weight excluding hydrogens is 461 g/mol. The maximum atomic E-state index is 11.1. The number of nitrogens with two attached hydrogens (primary N) is 1. The fraction of sp³-hybridized carbons (Fsp3) is 0.250. The Morgan fingerprint density at radius 2 is 1.45 bits per heavy atom. The number of carboxylic acids is 1. The molecule has 13 heteroatoms. The first-order valence-corrected chi connectivity index (χ1v) is 10.8. The van der Waals surface area contributed by atoms with Gasteiger partial charge < -0.3 is 41.3 Å². The number of carbonyl (C=O) groups is 1. The lowest BCUT2D eigenvalue weighted by Gasteiger charge is -2.17. The third-order valence-electron chi connectivity index (χ3n) is 3.71. The molecule has 2 rings (SSSR count). The van der Waals surface area contributed by atoms with E-state index in [-0.39, 0.29) is 17.2 Å². The Balaban J connectivity index is 0.000000331. The lowest BCUT2D eigenvalue weighted by molar-refractivity contribution is -0.139. The lowest BCUT2D eigenvalue weighted by Crippen LogP contribution is -2.34. The number of benzene rings is 2. The van der Waals surface area contributed by atoms with Crippen LogP contribution in [0.15, 0.2) is 42.5 Å². The molecule has 0 amide bonds. The number of rotatable bonds is 10. The van der Waals surface area contributed by atoms with Gasteiger partial charge in [0, 0.05) is 6.07 Å². The van der Waals surface area contributed by atoms with E-state index in [4.69, 9.17) is 31.1 Å². The molecule has 0 radical (unpaired) electrons. The van der Waals surface area contributed by atoms with Crippen molar-refractivity contribution in [3.63, 3.8) is 0 Å². The smallest absolute Gasteiger partial charge is 0.472 e. The molecule has 2 aromatic rings. The fourth-order valence-corrected chi connectivity index (χ4v) is 3.00. The molecule has 0 aliphatic heterocycles. The van der Waals surface area contributed by atoms with E-state index >= 15 is 0 Å². The highest BCUT2D eigenvalue weighted by Gasteiger charge is 2.28. The Hall–Kier alpha value is -2.96. The standard InChI is InChI=1S/C14H12O3.C6H14NO8P/c15-12-5-3-10(4-6-12)1-2-11-7-13(16)9-14(17)8-11;7-5(6(10)11)3-14-16(12,13)15-4(1-8)2-9/h1-9,15-17H;4-5,8-9H,1-3,7H2,(H,10,11)(H,12,13)/b2-1+;. The molecule has 0 heterocycles. The molecule has 182 valence electrons. The number of phenolic OH excluding ortho intramolecular Hbond substituents is 3. The quantitative estimate of drug-likeness (QED) is 0.173. The van der Waals surface area contributed by atoms with Crippen molar-refractivity contribution in [1.82, 2.24) is 0 Å². The molecule has 0 saturated carbocycles. The summed E-state index contributed by atoms with van der Waals surface area (Å²) in [5, 5.41) is 53.2. The molecule has 2 aromatic carbocycles. The summed E-state index contributed by atoms with van der Waals surface area (Å²) in [6.07, 6.45) is 2.32. The van der Waals surface area contributed by atoms with Crippen LogP contribution in [0.3, 0.4) is 0 Å². The van der Waals surface area contributed by atoms with Crippen LogP contribution in [0.25, 0.3) is 12.2 Å². The number of hydrogen-bond donors (Lipinski definition) is 8. The van der Waals surface area contributed by atoms with Gasteiger partial charge in [0.15, 0.2) is 0 Å². The number of aliphatic hydroxyl groups is 2. The molecule has 0 aliphatic rings. The van der Waals surface area contributed by atoms with Crippen molar-refractivity contribution < 1.29 is 53.9 Å². The van der Waals surface area contributed by atoms with Crippen LogP contribution in [0.1, 0.15) is 11.1 Å². The van der Waals surface area contributed by atoms with Gasteiger partial charge in [-0.1, -0.05) is 24.3 Å². The van der Waals surface area contributed by atoms with Crippen LogP contribution in [-0.2, 0) is 18.4 Å². The van der Waals surface area contributed by atoms with Crippen molar-refractivity contribution in [2.45, 2.75) is 12.1 Å². The summed E-state index contributed by atoms with van der Waals surface area (Å²) in [6, 6.07) is 9.65. The normalized spacial score (nSPS) is 13.8. The van der Waals surface area contributed by atoms with Crippen LogP contribution in [0.4, 0.5) is 0 Å². The molecule has 2 unspecified atom stereocenters. The molecule has 0 fully saturated rings. The molecule has 33 heavy (non-hydrogen) atoms. The van der Waals surface area contributed by atoms with Crippen LogP contribution in [0, 0.1) is 0 Å². The number of phosphoric ester groups is 1. The van der Waals surface area contributed by atoms with Crippen LogP contribution >= 0.6 is 7.82 Å². The zero-order valence-electron chi connectivity index (χ0n) is 17.3. The number of carboxylic acid groups (broad SMARTS) is 1. The van der Waals surface area contributed by atoms with E-state index < -0.39 is 45.8 Å². The van der Waals surface area contributed by atoms with Crippen molar-refractivity contribution in [1.29, 1.82) is 0 Å². The molecule has 0 aliphatic carbocycles. The van der Waals surface area contributed by atoms with Crippen molar-refractivity contribution >= 4 is 25.9 Å². The van der Waals surface area contributed by atoms with E-state index in [2.05, 4.69) is 9.05 Å². The van der Waals surface area contributed by atoms with E-state index in [0.717, 1.165) is 5.56 Å². The first kappa shape index (κ1) is 28.1. The minimum Gasteiger partial charge on any atom is -0.508 e. The second kappa shape index (κ2) is 13.6. The molecular formula is C20H26NO11P. The van der Waals surface area contributed by atoms with E-state index in [1.54, 1.807) is 42.5 Å². The molecule has 0 aromatic heterocycles. The minimum atomic E-state index is -4.54. The Bertz CT molecular complexity index is 941. The van der Waals surface area contributed by atoms with E-state index in [0.29, 0.717) is 5.56 Å². The largest absolute Gasteiger partial charge is 0.508 e. The molecule has 0 saturated heterocycles. The monoisotopic (exact) mass is 487 g/mol. The van der Waals surface area contributed by atoms with Gasteiger partial charge >= 0.3 is 13.8 Å². The molecule has 2 atom stereocenters. The maximum absolute atomic E-state index is 11.1. The predicted molar refractivity (Wildman–Crippen MR) is 117 cm³/mol. The summed E-state index contributed by atoms with van der Waals surface area (Å²) in [6.45, 7) is -2.10. The third-order valence-corrected chi connectivity index (χ3v) is 4.75. The Kier molecular flexibility index (Phi) is 11.5. The first-order chi connectivity index (χ1) is 15.5. The number of hydrogen-bond acceptors (Lipinski definition) is 10. The zero-order chi connectivity index (χ0) is 25.0. The van der Waals surface area contributed by atoms with Gasteiger partial charge in [0.25, 0.3) is 0 Å². The highest BCUT2D eigenvalue weighted by atomic mass is 31.2. The predicted octanol–water partition coefficient (Wildman–Crippen LogP) is 0.859. The number of aliphatic hydroxyl groups excluding tert-OH is 2. The summed E-state index contributed by atoms with van der Waals surface area (Å²) in [7, 11) is -4.54. The number of aromatic hydroxyl groups is 3. The van der Waals surface area contributed by atoms with Gasteiger partial charge in [-0.15, -0.1) is 0 Å². The van der Waals surface area contributed by atoms with Gasteiger partial charge in [-0.2, -0.15) is 0 Å². The van der Waals surface area contributed by atoms with Crippen molar-refractivity contribution in [2.75, 3.05) is 19.8 Å². The van der Waals surface area contributed by atoms with Gasteiger partial charge in [-0.05, 0) is 35.4 Å². The Labute approximate surface area is 189 Å². The van der Waals surface area contributed by atoms with Crippen molar-refractivity contribution in [3.8, 4) is 17.2 Å². The maximum Gasteiger partial charge on any atom is 0.472 e. The summed E-state index contributed by atoms with van der Waals surface area (Å²) in [5.74, 6) is -1.14. The summed E-state index contributed by atoms with van der Waals surface area (Å²) in [5.41, 5.74) is 6.63. The van der Waals surface area contributed by atoms with Gasteiger partial charge in [-0.3, -0.25) is 13.8 Å². The number of phenols is 3. The second-order valence-electron chi connectivity index (χ2n) is 6.51. The minimum absolute atomic E-state index is 0.0235. The fourth-order valence-electron chi connectivity index (χ4n) is 2.08. The van der Waals surface area contributed by atoms with Crippen molar-refractivity contribution in [2.24, 2.45) is 5.73 Å². The average molecular weight is 487 g/mol. The van der Waals surface area contributed by atoms with Gasteiger partial charge in [-0.25, -0.2) is 4.57 Å². The summed E-state index contributed by atoms with van der Waals surface area (Å²) < 4.78 is 19.7. The van der Waals surface area contributed by atoms with Crippen LogP contribution in [-0.4, -0.2) is 73.5 Å². The second-order valence-corrected chi connectivity index (χ2v) is 7.92. The number of phosphoric acid groups is 1. The topological polar surface area (TPSA) is 220 Å². The number of aliphatic carboxylic acids is 1. The van der Waals surface area contributed by atoms with Gasteiger partial charge in [0.1, 0.15) is 29.4 Å². The molecule has 9 N–H and O–H groups in total.